The van der Waals surface area contributed by atoms with Crippen LogP contribution in [0.5, 0.6) is 0 Å². The third-order valence-electron chi connectivity index (χ3n) is 9.95. The molecule has 4 atom stereocenters. The highest BCUT2D eigenvalue weighted by atomic mass is 16.3. The normalized spacial score (nSPS) is 14.4. The van der Waals surface area contributed by atoms with E-state index < -0.39 is 36.9 Å². The van der Waals surface area contributed by atoms with Crippen LogP contribution in [-0.2, 0) is 4.79 Å². The highest BCUT2D eigenvalue weighted by Gasteiger charge is 2.22. The van der Waals surface area contributed by atoms with Gasteiger partial charge in [-0.1, -0.05) is 219 Å². The topological polar surface area (TPSA) is 110 Å². The van der Waals surface area contributed by atoms with Gasteiger partial charge in [0.25, 0.3) is 0 Å². The number of amides is 1. The Kier molecular flexibility index (Phi) is 36.6. The lowest BCUT2D eigenvalue weighted by molar-refractivity contribution is -0.131. The van der Waals surface area contributed by atoms with Crippen molar-refractivity contribution in [2.24, 2.45) is 0 Å². The molecule has 0 aromatic rings. The predicted octanol–water partition coefficient (Wildman–Crippen LogP) is 10.6. The number of aliphatic hydroxyl groups excluding tert-OH is 4. The van der Waals surface area contributed by atoms with E-state index in [-0.39, 0.29) is 0 Å². The Balaban J connectivity index is 3.73. The van der Waals surface area contributed by atoms with Crippen molar-refractivity contribution in [1.82, 2.24) is 5.32 Å². The highest BCUT2D eigenvalue weighted by molar-refractivity contribution is 5.80. The minimum absolute atomic E-state index is 0.381. The minimum atomic E-state index is -1.15. The van der Waals surface area contributed by atoms with Crippen molar-refractivity contribution in [3.8, 4) is 0 Å². The third kappa shape index (κ3) is 32.3. The van der Waals surface area contributed by atoms with Gasteiger partial charge in [-0.25, -0.2) is 0 Å². The van der Waals surface area contributed by atoms with Gasteiger partial charge in [0, 0.05) is 0 Å². The summed E-state index contributed by atoms with van der Waals surface area (Å²) < 4.78 is 0. The average Bonchev–Trinajstić information content (AvgIpc) is 3.09. The Bertz CT molecular complexity index is 687. The van der Waals surface area contributed by atoms with E-state index in [1.165, 1.54) is 167 Å². The van der Waals surface area contributed by atoms with Crippen LogP contribution in [0.3, 0.4) is 0 Å². The molecule has 0 aliphatic heterocycles. The first-order chi connectivity index (χ1) is 23.5. The van der Waals surface area contributed by atoms with Crippen LogP contribution in [-0.4, -0.2) is 57.3 Å². The lowest BCUT2D eigenvalue weighted by atomic mass is 10.0. The molecule has 0 fully saturated rings. The van der Waals surface area contributed by atoms with Crippen molar-refractivity contribution in [3.63, 3.8) is 0 Å². The van der Waals surface area contributed by atoms with Crippen molar-refractivity contribution >= 4 is 5.91 Å². The average molecular weight is 682 g/mol. The molecular formula is C42H83NO5. The first-order valence-corrected chi connectivity index (χ1v) is 21.1. The number of rotatable bonds is 38. The molecule has 0 saturated carbocycles. The van der Waals surface area contributed by atoms with E-state index in [1.807, 2.05) is 0 Å². The van der Waals surface area contributed by atoms with Crippen LogP contribution >= 0.6 is 0 Å². The zero-order valence-corrected chi connectivity index (χ0v) is 32.0. The Hall–Kier alpha value is -0.950. The molecule has 0 aliphatic rings. The molecule has 0 heterocycles. The van der Waals surface area contributed by atoms with Gasteiger partial charge in [0.15, 0.2) is 0 Å². The summed E-state index contributed by atoms with van der Waals surface area (Å²) in [5.74, 6) is -0.565. The molecular weight excluding hydrogens is 598 g/mol. The summed E-state index contributed by atoms with van der Waals surface area (Å²) in [4.78, 5) is 12.4. The van der Waals surface area contributed by atoms with Crippen LogP contribution in [0.25, 0.3) is 0 Å². The summed E-state index contributed by atoms with van der Waals surface area (Å²) in [6.45, 7) is 4.07. The predicted molar refractivity (Wildman–Crippen MR) is 205 cm³/mol. The smallest absolute Gasteiger partial charge is 0.249 e. The van der Waals surface area contributed by atoms with E-state index in [0.29, 0.717) is 12.8 Å². The standard InChI is InChI=1S/C42H83NO5/c1-3-5-7-9-11-13-15-16-17-18-19-20-21-22-23-24-26-28-30-32-34-41(47)42(48)43-39(37-44)40(46)36-35-38(45)33-31-29-27-25-14-12-10-8-6-4-2/h35-36,38-41,44-47H,3-34,37H2,1-2H3,(H,43,48)/b36-35+/t38-,39+,40-,41-/m1/s1. The number of hydrogen-bond acceptors (Lipinski definition) is 5. The molecule has 0 unspecified atom stereocenters. The summed E-state index contributed by atoms with van der Waals surface area (Å²) in [5.41, 5.74) is 0. The van der Waals surface area contributed by atoms with Gasteiger partial charge in [-0.3, -0.25) is 4.79 Å². The number of hydrogen-bond donors (Lipinski definition) is 5. The first-order valence-electron chi connectivity index (χ1n) is 21.1. The van der Waals surface area contributed by atoms with Gasteiger partial charge in [-0.2, -0.15) is 0 Å². The molecule has 0 aromatic heterocycles. The van der Waals surface area contributed by atoms with Gasteiger partial charge < -0.3 is 25.7 Å². The molecule has 286 valence electrons. The summed E-state index contributed by atoms with van der Waals surface area (Å²) in [7, 11) is 0. The quantitative estimate of drug-likeness (QED) is 0.0329. The maximum absolute atomic E-state index is 12.4. The van der Waals surface area contributed by atoms with Crippen molar-refractivity contribution in [2.75, 3.05) is 6.61 Å². The molecule has 0 aliphatic carbocycles. The molecule has 6 nitrogen and oxygen atoms in total. The van der Waals surface area contributed by atoms with E-state index in [4.69, 9.17) is 0 Å². The minimum Gasteiger partial charge on any atom is -0.394 e. The fourth-order valence-corrected chi connectivity index (χ4v) is 6.56. The molecule has 5 N–H and O–H groups in total. The second-order valence-electron chi connectivity index (χ2n) is 14.7. The highest BCUT2D eigenvalue weighted by Crippen LogP contribution is 2.16. The molecule has 0 aromatic carbocycles. The van der Waals surface area contributed by atoms with E-state index >= 15 is 0 Å². The zero-order chi connectivity index (χ0) is 35.3. The van der Waals surface area contributed by atoms with E-state index in [9.17, 15) is 25.2 Å². The maximum Gasteiger partial charge on any atom is 0.249 e. The summed E-state index contributed by atoms with van der Waals surface area (Å²) in [6, 6.07) is -0.914. The van der Waals surface area contributed by atoms with E-state index in [1.54, 1.807) is 6.08 Å². The van der Waals surface area contributed by atoms with Crippen molar-refractivity contribution in [2.45, 2.75) is 244 Å². The van der Waals surface area contributed by atoms with Gasteiger partial charge in [0.05, 0.1) is 24.9 Å². The molecule has 0 bridgehead atoms. The summed E-state index contributed by atoms with van der Waals surface area (Å²) in [6.07, 6.45) is 39.7. The Labute approximate surface area is 298 Å². The third-order valence-corrected chi connectivity index (χ3v) is 9.95. The Morgan fingerprint density at radius 3 is 1.12 bits per heavy atom. The fourth-order valence-electron chi connectivity index (χ4n) is 6.56. The van der Waals surface area contributed by atoms with Gasteiger partial charge >= 0.3 is 0 Å². The van der Waals surface area contributed by atoms with Crippen molar-refractivity contribution in [1.29, 1.82) is 0 Å². The van der Waals surface area contributed by atoms with Crippen LogP contribution in [0.2, 0.25) is 0 Å². The zero-order valence-electron chi connectivity index (χ0n) is 32.0. The molecule has 0 radical (unpaired) electrons. The summed E-state index contributed by atoms with van der Waals surface area (Å²) in [5, 5.41) is 43.2. The number of carbonyl (C=O) groups excluding carboxylic acids is 1. The SMILES string of the molecule is CCCCCCCCCCCCCCCCCCCCCC[C@@H](O)C(=O)N[C@@H](CO)[C@H](O)/C=C/[C@H](O)CCCCCCCCCCCC. The van der Waals surface area contributed by atoms with Gasteiger partial charge in [0.1, 0.15) is 6.10 Å². The second kappa shape index (κ2) is 37.3. The molecule has 1 amide bonds. The molecule has 0 saturated heterocycles. The second-order valence-corrected chi connectivity index (χ2v) is 14.7. The van der Waals surface area contributed by atoms with E-state index in [2.05, 4.69) is 19.2 Å². The van der Waals surface area contributed by atoms with Crippen LogP contribution in [0.4, 0.5) is 0 Å². The number of unbranched alkanes of at least 4 members (excludes halogenated alkanes) is 28. The monoisotopic (exact) mass is 682 g/mol. The fraction of sp³-hybridized carbons (Fsp3) is 0.929. The molecule has 6 heteroatoms. The van der Waals surface area contributed by atoms with Crippen molar-refractivity contribution < 1.29 is 25.2 Å². The molecule has 0 rings (SSSR count). The maximum atomic E-state index is 12.4. The number of nitrogens with one attached hydrogen (secondary N) is 1. The van der Waals surface area contributed by atoms with Crippen LogP contribution < -0.4 is 5.32 Å². The lowest BCUT2D eigenvalue weighted by Crippen LogP contribution is -2.48. The van der Waals surface area contributed by atoms with Gasteiger partial charge in [0.2, 0.25) is 5.91 Å². The van der Waals surface area contributed by atoms with Crippen molar-refractivity contribution in [3.05, 3.63) is 12.2 Å². The Morgan fingerprint density at radius 1 is 0.479 bits per heavy atom. The Morgan fingerprint density at radius 2 is 0.792 bits per heavy atom. The van der Waals surface area contributed by atoms with Crippen LogP contribution in [0, 0.1) is 0 Å². The number of aliphatic hydroxyl groups is 4. The molecule has 48 heavy (non-hydrogen) atoms. The summed E-state index contributed by atoms with van der Waals surface area (Å²) >= 11 is 0. The largest absolute Gasteiger partial charge is 0.394 e. The molecule has 0 spiro atoms. The first kappa shape index (κ1) is 47.0. The van der Waals surface area contributed by atoms with E-state index in [0.717, 1.165) is 32.1 Å². The van der Waals surface area contributed by atoms with Gasteiger partial charge in [-0.05, 0) is 12.8 Å². The van der Waals surface area contributed by atoms with Gasteiger partial charge in [-0.15, -0.1) is 0 Å². The lowest BCUT2D eigenvalue weighted by Gasteiger charge is -2.22. The van der Waals surface area contributed by atoms with Crippen LogP contribution in [0.1, 0.15) is 219 Å². The van der Waals surface area contributed by atoms with Crippen LogP contribution in [0.15, 0.2) is 12.2 Å². The number of carbonyl (C=O) groups is 1.